The molecule has 0 unspecified atom stereocenters. The molecule has 4 N–H and O–H groups in total. The Morgan fingerprint density at radius 2 is 2.06 bits per heavy atom. The molecule has 0 fully saturated rings. The smallest absolute Gasteiger partial charge is 0.340 e. The van der Waals surface area contributed by atoms with Crippen LogP contribution in [0, 0.1) is 0 Å². The lowest BCUT2D eigenvalue weighted by Gasteiger charge is -2.07. The number of rotatable bonds is 5. The molecular formula is C11H16N2O3. The van der Waals surface area contributed by atoms with Crippen LogP contribution in [0.2, 0.25) is 0 Å². The Morgan fingerprint density at radius 3 is 2.69 bits per heavy atom. The number of carbonyl (C=O) groups excluding carboxylic acids is 1. The van der Waals surface area contributed by atoms with Crippen molar-refractivity contribution >= 4 is 17.3 Å². The van der Waals surface area contributed by atoms with Crippen LogP contribution in [-0.4, -0.2) is 26.3 Å². The van der Waals surface area contributed by atoms with Crippen molar-refractivity contribution in [2.75, 3.05) is 31.8 Å². The predicted octanol–water partition coefficient (Wildman–Crippen LogP) is 1.04. The summed E-state index contributed by atoms with van der Waals surface area (Å²) in [6.45, 7) is 0.876. The minimum Gasteiger partial charge on any atom is -0.462 e. The van der Waals surface area contributed by atoms with Gasteiger partial charge in [-0.15, -0.1) is 0 Å². The summed E-state index contributed by atoms with van der Waals surface area (Å²) in [4.78, 5) is 11.6. The molecule has 0 radical (unpaired) electrons. The average molecular weight is 224 g/mol. The van der Waals surface area contributed by atoms with Crippen LogP contribution >= 0.6 is 0 Å². The maximum atomic E-state index is 11.6. The Bertz CT molecular complexity index is 366. The molecule has 0 spiro atoms. The van der Waals surface area contributed by atoms with Crippen molar-refractivity contribution in [2.24, 2.45) is 0 Å². The third-order valence-electron chi connectivity index (χ3n) is 2.02. The minimum atomic E-state index is -0.436. The number of benzene rings is 1. The quantitative estimate of drug-likeness (QED) is 0.443. The summed E-state index contributed by atoms with van der Waals surface area (Å²) in [7, 11) is 1.60. The van der Waals surface area contributed by atoms with Crippen molar-refractivity contribution < 1.29 is 14.3 Å². The molecule has 0 aliphatic rings. The Hall–Kier alpha value is -1.75. The van der Waals surface area contributed by atoms with E-state index in [1.54, 1.807) is 19.2 Å². The second kappa shape index (κ2) is 5.97. The van der Waals surface area contributed by atoms with Gasteiger partial charge in [-0.2, -0.15) is 0 Å². The van der Waals surface area contributed by atoms with Gasteiger partial charge in [0.1, 0.15) is 0 Å². The highest BCUT2D eigenvalue weighted by Gasteiger charge is 2.10. The lowest BCUT2D eigenvalue weighted by atomic mass is 10.1. The van der Waals surface area contributed by atoms with Gasteiger partial charge in [-0.1, -0.05) is 0 Å². The number of nitrogen functional groups attached to an aromatic ring is 2. The molecule has 0 saturated heterocycles. The van der Waals surface area contributed by atoms with Gasteiger partial charge in [-0.05, 0) is 18.2 Å². The molecule has 0 heterocycles. The van der Waals surface area contributed by atoms with E-state index in [2.05, 4.69) is 0 Å². The Morgan fingerprint density at radius 1 is 1.31 bits per heavy atom. The Kier molecular flexibility index (Phi) is 4.60. The van der Waals surface area contributed by atoms with Gasteiger partial charge in [0.2, 0.25) is 0 Å². The Labute approximate surface area is 94.3 Å². The zero-order valence-electron chi connectivity index (χ0n) is 9.23. The van der Waals surface area contributed by atoms with Crippen molar-refractivity contribution in [3.8, 4) is 0 Å². The summed E-state index contributed by atoms with van der Waals surface area (Å²) < 4.78 is 9.85. The van der Waals surface area contributed by atoms with Crippen LogP contribution in [0.4, 0.5) is 11.4 Å². The van der Waals surface area contributed by atoms with Crippen LogP contribution < -0.4 is 11.5 Å². The first-order valence-electron chi connectivity index (χ1n) is 4.96. The average Bonchev–Trinajstić information content (AvgIpc) is 2.24. The molecule has 0 aromatic heterocycles. The summed E-state index contributed by atoms with van der Waals surface area (Å²) in [5.74, 6) is -0.436. The van der Waals surface area contributed by atoms with Crippen LogP contribution in [0.15, 0.2) is 18.2 Å². The first kappa shape index (κ1) is 12.3. The fourth-order valence-electron chi connectivity index (χ4n) is 1.21. The van der Waals surface area contributed by atoms with Gasteiger partial charge in [0.25, 0.3) is 0 Å². The first-order chi connectivity index (χ1) is 7.65. The molecule has 1 aromatic carbocycles. The zero-order valence-corrected chi connectivity index (χ0v) is 9.23. The summed E-state index contributed by atoms with van der Waals surface area (Å²) in [5.41, 5.74) is 12.4. The molecule has 0 aliphatic carbocycles. The third-order valence-corrected chi connectivity index (χ3v) is 2.02. The van der Waals surface area contributed by atoms with Crippen molar-refractivity contribution in [1.82, 2.24) is 0 Å². The summed E-state index contributed by atoms with van der Waals surface area (Å²) in [5, 5.41) is 0. The monoisotopic (exact) mass is 224 g/mol. The van der Waals surface area contributed by atoms with E-state index < -0.39 is 5.97 Å². The molecule has 88 valence electrons. The van der Waals surface area contributed by atoms with Crippen LogP contribution in [0.1, 0.15) is 16.8 Å². The fraction of sp³-hybridized carbons (Fsp3) is 0.364. The zero-order chi connectivity index (χ0) is 12.0. The van der Waals surface area contributed by atoms with Gasteiger partial charge in [0.15, 0.2) is 0 Å². The molecular weight excluding hydrogens is 208 g/mol. The highest BCUT2D eigenvalue weighted by molar-refractivity contribution is 5.95. The largest absolute Gasteiger partial charge is 0.462 e. The number of hydrogen-bond acceptors (Lipinski definition) is 5. The molecule has 1 rings (SSSR count). The molecule has 1 aromatic rings. The fourth-order valence-corrected chi connectivity index (χ4v) is 1.21. The second-order valence-corrected chi connectivity index (χ2v) is 3.33. The van der Waals surface area contributed by atoms with E-state index in [1.165, 1.54) is 6.07 Å². The summed E-state index contributed by atoms with van der Waals surface area (Å²) in [6.07, 6.45) is 0.664. The SMILES string of the molecule is COCCCOC(=O)c1ccc(N)cc1N. The molecule has 0 saturated carbocycles. The number of nitrogens with two attached hydrogens (primary N) is 2. The maximum Gasteiger partial charge on any atom is 0.340 e. The number of carbonyl (C=O) groups is 1. The minimum absolute atomic E-state index is 0.316. The normalized spacial score (nSPS) is 10.1. The maximum absolute atomic E-state index is 11.6. The van der Waals surface area contributed by atoms with Crippen LogP contribution in [0.25, 0.3) is 0 Å². The molecule has 0 atom stereocenters. The van der Waals surface area contributed by atoms with Gasteiger partial charge in [-0.3, -0.25) is 0 Å². The molecule has 16 heavy (non-hydrogen) atoms. The van der Waals surface area contributed by atoms with Crippen molar-refractivity contribution in [1.29, 1.82) is 0 Å². The highest BCUT2D eigenvalue weighted by atomic mass is 16.5. The van der Waals surface area contributed by atoms with Gasteiger partial charge in [-0.25, -0.2) is 4.79 Å². The Balaban J connectivity index is 2.53. The highest BCUT2D eigenvalue weighted by Crippen LogP contribution is 2.16. The van der Waals surface area contributed by atoms with Gasteiger partial charge in [0, 0.05) is 31.5 Å². The molecule has 5 heteroatoms. The molecule has 0 amide bonds. The second-order valence-electron chi connectivity index (χ2n) is 3.33. The van der Waals surface area contributed by atoms with E-state index in [4.69, 9.17) is 20.9 Å². The summed E-state index contributed by atoms with van der Waals surface area (Å²) >= 11 is 0. The molecule has 5 nitrogen and oxygen atoms in total. The number of anilines is 2. The van der Waals surface area contributed by atoms with E-state index in [0.29, 0.717) is 36.6 Å². The topological polar surface area (TPSA) is 87.6 Å². The van der Waals surface area contributed by atoms with Crippen molar-refractivity contribution in [3.63, 3.8) is 0 Å². The van der Waals surface area contributed by atoms with E-state index in [0.717, 1.165) is 0 Å². The number of methoxy groups -OCH3 is 1. The summed E-state index contributed by atoms with van der Waals surface area (Å²) in [6, 6.07) is 4.71. The molecule has 0 aliphatic heterocycles. The number of esters is 1. The first-order valence-corrected chi connectivity index (χ1v) is 4.96. The van der Waals surface area contributed by atoms with Crippen molar-refractivity contribution in [2.45, 2.75) is 6.42 Å². The van der Waals surface area contributed by atoms with Gasteiger partial charge >= 0.3 is 5.97 Å². The van der Waals surface area contributed by atoms with Gasteiger partial charge in [0.05, 0.1) is 12.2 Å². The standard InChI is InChI=1S/C11H16N2O3/c1-15-5-2-6-16-11(14)9-4-3-8(12)7-10(9)13/h3-4,7H,2,5-6,12-13H2,1H3. The van der Waals surface area contributed by atoms with E-state index in [9.17, 15) is 4.79 Å². The third kappa shape index (κ3) is 3.43. The number of hydrogen-bond donors (Lipinski definition) is 2. The lowest BCUT2D eigenvalue weighted by molar-refractivity contribution is 0.0469. The van der Waals surface area contributed by atoms with Crippen molar-refractivity contribution in [3.05, 3.63) is 23.8 Å². The van der Waals surface area contributed by atoms with Crippen LogP contribution in [-0.2, 0) is 9.47 Å². The van der Waals surface area contributed by atoms with Crippen LogP contribution in [0.3, 0.4) is 0 Å². The van der Waals surface area contributed by atoms with E-state index in [-0.39, 0.29) is 0 Å². The van der Waals surface area contributed by atoms with Crippen LogP contribution in [0.5, 0.6) is 0 Å². The van der Waals surface area contributed by atoms with E-state index >= 15 is 0 Å². The molecule has 0 bridgehead atoms. The van der Waals surface area contributed by atoms with Gasteiger partial charge < -0.3 is 20.9 Å². The van der Waals surface area contributed by atoms with E-state index in [1.807, 2.05) is 0 Å². The number of ether oxygens (including phenoxy) is 2. The predicted molar refractivity (Wildman–Crippen MR) is 62.0 cm³/mol. The lowest BCUT2D eigenvalue weighted by Crippen LogP contribution is -2.10.